The maximum absolute atomic E-state index is 12.6. The number of fused-ring (bicyclic) bond motifs is 3. The monoisotopic (exact) mass is 300 g/mol. The Hall–Kier alpha value is -2.32. The van der Waals surface area contributed by atoms with Crippen molar-refractivity contribution in [3.05, 3.63) is 35.1 Å². The van der Waals surface area contributed by atoms with Crippen molar-refractivity contribution < 1.29 is 4.74 Å². The zero-order valence-electron chi connectivity index (χ0n) is 12.1. The number of pyridine rings is 1. The van der Waals surface area contributed by atoms with Crippen molar-refractivity contribution in [2.75, 3.05) is 32.8 Å². The van der Waals surface area contributed by atoms with Crippen LogP contribution in [0.3, 0.4) is 0 Å². The first-order valence-electron chi connectivity index (χ1n) is 7.31. The minimum atomic E-state index is -0.0457. The van der Waals surface area contributed by atoms with E-state index in [0.717, 1.165) is 38.4 Å². The highest BCUT2D eigenvalue weighted by Crippen LogP contribution is 2.09. The number of hydrogen-bond donors (Lipinski definition) is 0. The average molecular weight is 300 g/mol. The predicted octanol–water partition coefficient (Wildman–Crippen LogP) is -0.229. The summed E-state index contributed by atoms with van der Waals surface area (Å²) >= 11 is 0. The molecule has 1 aliphatic rings. The van der Waals surface area contributed by atoms with Gasteiger partial charge in [-0.05, 0) is 6.07 Å². The number of aromatic nitrogens is 5. The second kappa shape index (κ2) is 5.47. The fourth-order valence-corrected chi connectivity index (χ4v) is 2.75. The molecule has 0 atom stereocenters. The van der Waals surface area contributed by atoms with Crippen LogP contribution in [0.25, 0.3) is 16.7 Å². The van der Waals surface area contributed by atoms with E-state index in [2.05, 4.69) is 20.0 Å². The van der Waals surface area contributed by atoms with Gasteiger partial charge in [-0.3, -0.25) is 9.69 Å². The van der Waals surface area contributed by atoms with Crippen LogP contribution in [0.4, 0.5) is 0 Å². The molecule has 4 rings (SSSR count). The van der Waals surface area contributed by atoms with Gasteiger partial charge in [0.15, 0.2) is 0 Å². The molecule has 8 nitrogen and oxygen atoms in total. The molecule has 0 N–H and O–H groups in total. The molecule has 0 radical (unpaired) electrons. The molecule has 0 bridgehead atoms. The van der Waals surface area contributed by atoms with E-state index in [0.29, 0.717) is 17.7 Å². The Bertz CT molecular complexity index is 865. The third-order valence-electron chi connectivity index (χ3n) is 4.01. The maximum Gasteiger partial charge on any atom is 0.261 e. The quantitative estimate of drug-likeness (QED) is 0.665. The van der Waals surface area contributed by atoms with Crippen LogP contribution < -0.4 is 5.56 Å². The van der Waals surface area contributed by atoms with Gasteiger partial charge in [0.2, 0.25) is 0 Å². The highest BCUT2D eigenvalue weighted by Gasteiger charge is 2.12. The van der Waals surface area contributed by atoms with Crippen LogP contribution in [0.2, 0.25) is 0 Å². The maximum atomic E-state index is 12.6. The van der Waals surface area contributed by atoms with Gasteiger partial charge in [-0.25, -0.2) is 4.98 Å². The summed E-state index contributed by atoms with van der Waals surface area (Å²) in [6.07, 6.45) is 4.82. The molecule has 3 aromatic heterocycles. The summed E-state index contributed by atoms with van der Waals surface area (Å²) in [6.45, 7) is 4.87. The molecule has 4 heterocycles. The predicted molar refractivity (Wildman–Crippen MR) is 79.8 cm³/mol. The van der Waals surface area contributed by atoms with Crippen LogP contribution in [-0.4, -0.2) is 61.9 Å². The van der Waals surface area contributed by atoms with E-state index in [1.165, 1.54) is 6.33 Å². The molecular weight excluding hydrogens is 284 g/mol. The second-order valence-corrected chi connectivity index (χ2v) is 5.30. The van der Waals surface area contributed by atoms with Gasteiger partial charge in [0, 0.05) is 38.6 Å². The van der Waals surface area contributed by atoms with E-state index in [9.17, 15) is 4.79 Å². The normalized spacial score (nSPS) is 16.5. The molecule has 1 aliphatic heterocycles. The minimum Gasteiger partial charge on any atom is -0.379 e. The molecule has 3 aromatic rings. The van der Waals surface area contributed by atoms with E-state index < -0.39 is 0 Å². The molecule has 8 heteroatoms. The fourth-order valence-electron chi connectivity index (χ4n) is 2.75. The first-order valence-corrected chi connectivity index (χ1v) is 7.31. The van der Waals surface area contributed by atoms with Gasteiger partial charge >= 0.3 is 0 Å². The van der Waals surface area contributed by atoms with Gasteiger partial charge in [-0.1, -0.05) is 0 Å². The number of ether oxygens (including phenoxy) is 1. The van der Waals surface area contributed by atoms with Crippen LogP contribution in [-0.2, 0) is 11.3 Å². The third kappa shape index (κ3) is 2.26. The zero-order valence-corrected chi connectivity index (χ0v) is 12.1. The lowest BCUT2D eigenvalue weighted by Gasteiger charge is -2.26. The van der Waals surface area contributed by atoms with E-state index in [1.54, 1.807) is 15.3 Å². The Kier molecular flexibility index (Phi) is 3.32. The Morgan fingerprint density at radius 1 is 1.18 bits per heavy atom. The Morgan fingerprint density at radius 3 is 2.91 bits per heavy atom. The molecule has 0 unspecified atom stereocenters. The topological polar surface area (TPSA) is 77.6 Å². The van der Waals surface area contributed by atoms with Gasteiger partial charge in [0.1, 0.15) is 6.33 Å². The molecule has 1 saturated heterocycles. The first-order chi connectivity index (χ1) is 10.8. The Balaban J connectivity index is 1.65. The van der Waals surface area contributed by atoms with Gasteiger partial charge in [0.05, 0.1) is 24.1 Å². The molecular formula is C14H16N6O2. The van der Waals surface area contributed by atoms with Crippen LogP contribution in [0.15, 0.2) is 29.6 Å². The average Bonchev–Trinajstić information content (AvgIpc) is 3.04. The highest BCUT2D eigenvalue weighted by atomic mass is 16.5. The minimum absolute atomic E-state index is 0.0457. The summed E-state index contributed by atoms with van der Waals surface area (Å²) in [5, 5.41) is 4.67. The van der Waals surface area contributed by atoms with E-state index >= 15 is 0 Å². The van der Waals surface area contributed by atoms with Crippen molar-refractivity contribution >= 4 is 16.7 Å². The van der Waals surface area contributed by atoms with Crippen molar-refractivity contribution in [1.29, 1.82) is 0 Å². The first kappa shape index (κ1) is 13.4. The smallest absolute Gasteiger partial charge is 0.261 e. The molecule has 1 fully saturated rings. The lowest BCUT2D eigenvalue weighted by Crippen LogP contribution is -2.39. The van der Waals surface area contributed by atoms with Gasteiger partial charge < -0.3 is 9.30 Å². The number of hydrogen-bond acceptors (Lipinski definition) is 6. The Labute approximate surface area is 126 Å². The summed E-state index contributed by atoms with van der Waals surface area (Å²) in [7, 11) is 0. The summed E-state index contributed by atoms with van der Waals surface area (Å²) < 4.78 is 8.64. The molecule has 0 amide bonds. The number of rotatable bonds is 3. The zero-order chi connectivity index (χ0) is 14.9. The summed E-state index contributed by atoms with van der Waals surface area (Å²) in [4.78, 5) is 23.1. The lowest BCUT2D eigenvalue weighted by atomic mass is 10.3. The summed E-state index contributed by atoms with van der Waals surface area (Å²) in [5.74, 6) is 0.498. The van der Waals surface area contributed by atoms with E-state index in [4.69, 9.17) is 4.74 Å². The van der Waals surface area contributed by atoms with E-state index in [1.807, 2.05) is 12.3 Å². The molecule has 114 valence electrons. The van der Waals surface area contributed by atoms with Gasteiger partial charge in [-0.15, -0.1) is 0 Å². The largest absolute Gasteiger partial charge is 0.379 e. The van der Waals surface area contributed by atoms with Crippen LogP contribution in [0.5, 0.6) is 0 Å². The molecule has 0 saturated carbocycles. The summed E-state index contributed by atoms with van der Waals surface area (Å²) in [5.41, 5.74) is 0.686. The van der Waals surface area contributed by atoms with Crippen molar-refractivity contribution in [3.63, 3.8) is 0 Å². The van der Waals surface area contributed by atoms with Crippen LogP contribution >= 0.6 is 0 Å². The third-order valence-corrected chi connectivity index (χ3v) is 4.01. The van der Waals surface area contributed by atoms with E-state index in [-0.39, 0.29) is 5.56 Å². The standard InChI is InChI=1S/C14H16N6O2/c21-13-11-9-15-14-16-10-17-20(14)12(11)1-2-19(13)4-3-18-5-7-22-8-6-18/h1-2,9-10H,3-8H2. The van der Waals surface area contributed by atoms with Crippen LogP contribution in [0.1, 0.15) is 0 Å². The molecule has 0 aliphatic carbocycles. The molecule has 22 heavy (non-hydrogen) atoms. The van der Waals surface area contributed by atoms with Crippen molar-refractivity contribution in [3.8, 4) is 0 Å². The Morgan fingerprint density at radius 2 is 2.05 bits per heavy atom. The number of nitrogens with zero attached hydrogens (tertiary/aromatic N) is 6. The van der Waals surface area contributed by atoms with Gasteiger partial charge in [-0.2, -0.15) is 14.6 Å². The SMILES string of the molecule is O=c1c2cnc3ncnn3c2ccn1CCN1CCOCC1. The van der Waals surface area contributed by atoms with Crippen molar-refractivity contribution in [2.24, 2.45) is 0 Å². The lowest BCUT2D eigenvalue weighted by molar-refractivity contribution is 0.0363. The highest BCUT2D eigenvalue weighted by molar-refractivity contribution is 5.78. The van der Waals surface area contributed by atoms with Gasteiger partial charge in [0.25, 0.3) is 11.3 Å². The molecule has 0 aromatic carbocycles. The van der Waals surface area contributed by atoms with Crippen LogP contribution in [0, 0.1) is 0 Å². The second-order valence-electron chi connectivity index (χ2n) is 5.30. The summed E-state index contributed by atoms with van der Waals surface area (Å²) in [6, 6.07) is 1.89. The molecule has 0 spiro atoms. The van der Waals surface area contributed by atoms with Crippen molar-refractivity contribution in [2.45, 2.75) is 6.54 Å². The number of morpholine rings is 1. The van der Waals surface area contributed by atoms with Crippen molar-refractivity contribution in [1.82, 2.24) is 29.0 Å². The fraction of sp³-hybridized carbons (Fsp3) is 0.429.